The van der Waals surface area contributed by atoms with Gasteiger partial charge in [0, 0.05) is 18.4 Å². The van der Waals surface area contributed by atoms with Crippen LogP contribution >= 0.6 is 0 Å². The van der Waals surface area contributed by atoms with E-state index in [2.05, 4.69) is 33.8 Å². The second kappa shape index (κ2) is 4.97. The number of aliphatic hydroxyl groups is 1. The lowest BCUT2D eigenvalue weighted by molar-refractivity contribution is -0.164. The van der Waals surface area contributed by atoms with Crippen molar-refractivity contribution < 1.29 is 14.6 Å². The Balaban J connectivity index is 1.79. The largest absolute Gasteiger partial charge is 0.487 e. The molecular formula is C21H30O3. The van der Waals surface area contributed by atoms with Gasteiger partial charge in [0.25, 0.3) is 0 Å². The molecule has 0 aromatic heterocycles. The molecule has 0 saturated heterocycles. The molecule has 24 heavy (non-hydrogen) atoms. The molecule has 1 unspecified atom stereocenters. The van der Waals surface area contributed by atoms with Crippen molar-refractivity contribution in [2.75, 3.05) is 0 Å². The highest BCUT2D eigenvalue weighted by Gasteiger charge is 2.60. The minimum Gasteiger partial charge on any atom is -0.487 e. The van der Waals surface area contributed by atoms with Crippen LogP contribution in [-0.4, -0.2) is 22.6 Å². The Hall–Kier alpha value is -1.09. The molecule has 0 radical (unpaired) electrons. The van der Waals surface area contributed by atoms with E-state index >= 15 is 0 Å². The summed E-state index contributed by atoms with van der Waals surface area (Å²) in [5.41, 5.74) is 1.43. The van der Waals surface area contributed by atoms with E-state index in [1.54, 1.807) is 0 Å². The fourth-order valence-electron chi connectivity index (χ4n) is 6.45. The van der Waals surface area contributed by atoms with Gasteiger partial charge in [-0.2, -0.15) is 0 Å². The molecule has 132 valence electrons. The maximum absolute atomic E-state index is 11.9. The summed E-state index contributed by atoms with van der Waals surface area (Å²) in [7, 11) is 0. The molecular weight excluding hydrogens is 300 g/mol. The maximum atomic E-state index is 11.9. The Morgan fingerprint density at radius 3 is 2.67 bits per heavy atom. The Kier molecular flexibility index (Phi) is 3.39. The van der Waals surface area contributed by atoms with Crippen LogP contribution in [-0.2, 0) is 9.53 Å². The number of hydrogen-bond donors (Lipinski definition) is 1. The first-order valence-corrected chi connectivity index (χ1v) is 9.49. The minimum absolute atomic E-state index is 0.220. The third-order valence-electron chi connectivity index (χ3n) is 7.62. The van der Waals surface area contributed by atoms with Crippen molar-refractivity contribution in [3.63, 3.8) is 0 Å². The number of rotatable bonds is 0. The van der Waals surface area contributed by atoms with Crippen molar-refractivity contribution in [3.05, 3.63) is 23.5 Å². The second-order valence-electron chi connectivity index (χ2n) is 9.65. The van der Waals surface area contributed by atoms with Gasteiger partial charge < -0.3 is 9.84 Å². The van der Waals surface area contributed by atoms with Gasteiger partial charge in [-0.3, -0.25) is 4.79 Å². The topological polar surface area (TPSA) is 46.5 Å². The minimum atomic E-state index is -0.900. The molecule has 0 bridgehead atoms. The zero-order valence-electron chi connectivity index (χ0n) is 15.4. The van der Waals surface area contributed by atoms with E-state index in [9.17, 15) is 9.90 Å². The van der Waals surface area contributed by atoms with E-state index in [0.29, 0.717) is 29.4 Å². The summed E-state index contributed by atoms with van der Waals surface area (Å²) >= 11 is 0. The molecule has 0 amide bonds. The molecule has 5 atom stereocenters. The molecule has 0 aromatic rings. The Morgan fingerprint density at radius 1 is 1.17 bits per heavy atom. The van der Waals surface area contributed by atoms with Gasteiger partial charge >= 0.3 is 0 Å². The third-order valence-corrected chi connectivity index (χ3v) is 7.62. The average molecular weight is 330 g/mol. The van der Waals surface area contributed by atoms with Crippen molar-refractivity contribution in [1.82, 2.24) is 0 Å². The van der Waals surface area contributed by atoms with E-state index in [1.807, 2.05) is 0 Å². The molecule has 3 nitrogen and oxygen atoms in total. The lowest BCUT2D eigenvalue weighted by atomic mass is 9.45. The molecule has 1 heterocycles. The predicted molar refractivity (Wildman–Crippen MR) is 93.2 cm³/mol. The number of allylic oxidation sites excluding steroid dienone is 1. The van der Waals surface area contributed by atoms with Gasteiger partial charge in [-0.25, -0.2) is 0 Å². The van der Waals surface area contributed by atoms with Gasteiger partial charge in [0.2, 0.25) is 0 Å². The van der Waals surface area contributed by atoms with E-state index in [-0.39, 0.29) is 16.8 Å². The quantitative estimate of drug-likeness (QED) is 0.725. The van der Waals surface area contributed by atoms with Gasteiger partial charge in [-0.15, -0.1) is 0 Å². The first kappa shape index (κ1) is 16.4. The summed E-state index contributed by atoms with van der Waals surface area (Å²) < 4.78 is 6.44. The number of fused-ring (bicyclic) bond motifs is 4. The van der Waals surface area contributed by atoms with Crippen LogP contribution in [0.1, 0.15) is 66.2 Å². The Labute approximate surface area is 145 Å². The van der Waals surface area contributed by atoms with Crippen molar-refractivity contribution in [2.45, 2.75) is 77.9 Å². The molecule has 4 rings (SSSR count). The van der Waals surface area contributed by atoms with E-state index in [0.717, 1.165) is 12.0 Å². The van der Waals surface area contributed by atoms with Crippen molar-refractivity contribution in [2.24, 2.45) is 22.7 Å². The van der Waals surface area contributed by atoms with Crippen LogP contribution in [0.25, 0.3) is 0 Å². The summed E-state index contributed by atoms with van der Waals surface area (Å²) in [5, 5.41) is 9.97. The van der Waals surface area contributed by atoms with Crippen LogP contribution in [0, 0.1) is 22.7 Å². The van der Waals surface area contributed by atoms with Crippen molar-refractivity contribution in [3.8, 4) is 0 Å². The Morgan fingerprint density at radius 2 is 1.92 bits per heavy atom. The molecule has 3 aliphatic carbocycles. The maximum Gasteiger partial charge on any atom is 0.188 e. The molecule has 2 fully saturated rings. The first-order chi connectivity index (χ1) is 11.2. The van der Waals surface area contributed by atoms with E-state index in [1.165, 1.54) is 31.8 Å². The fourth-order valence-corrected chi connectivity index (χ4v) is 6.45. The monoisotopic (exact) mass is 330 g/mol. The van der Waals surface area contributed by atoms with Gasteiger partial charge in [0.1, 0.15) is 17.5 Å². The summed E-state index contributed by atoms with van der Waals surface area (Å²) in [5.74, 6) is 1.55. The van der Waals surface area contributed by atoms with Gasteiger partial charge in [0.15, 0.2) is 5.78 Å². The van der Waals surface area contributed by atoms with Gasteiger partial charge in [0.05, 0.1) is 0 Å². The number of aliphatic hydroxyl groups excluding tert-OH is 1. The molecule has 1 aliphatic heterocycles. The predicted octanol–water partition coefficient (Wildman–Crippen LogP) is 4.16. The average Bonchev–Trinajstić information content (AvgIpc) is 2.46. The van der Waals surface area contributed by atoms with Gasteiger partial charge in [-0.05, 0) is 54.9 Å². The van der Waals surface area contributed by atoms with Crippen molar-refractivity contribution in [1.29, 1.82) is 0 Å². The number of carbonyl (C=O) groups excluding carboxylic acids is 1. The van der Waals surface area contributed by atoms with E-state index in [4.69, 9.17) is 4.74 Å². The number of ketones is 1. The lowest BCUT2D eigenvalue weighted by Crippen LogP contribution is -2.59. The molecule has 4 aliphatic rings. The van der Waals surface area contributed by atoms with Gasteiger partial charge in [-0.1, -0.05) is 33.3 Å². The summed E-state index contributed by atoms with van der Waals surface area (Å²) in [6.45, 7) is 9.55. The highest BCUT2D eigenvalue weighted by molar-refractivity contribution is 5.96. The second-order valence-corrected chi connectivity index (χ2v) is 9.65. The highest BCUT2D eigenvalue weighted by atomic mass is 16.5. The normalized spacial score (nSPS) is 46.7. The number of hydrogen-bond acceptors (Lipinski definition) is 3. The van der Waals surface area contributed by atoms with Crippen LogP contribution < -0.4 is 0 Å². The smallest absolute Gasteiger partial charge is 0.188 e. The zero-order valence-corrected chi connectivity index (χ0v) is 15.4. The van der Waals surface area contributed by atoms with Crippen LogP contribution in [0.4, 0.5) is 0 Å². The fraction of sp³-hybridized carbons (Fsp3) is 0.762. The van der Waals surface area contributed by atoms with Crippen LogP contribution in [0.15, 0.2) is 23.5 Å². The first-order valence-electron chi connectivity index (χ1n) is 9.49. The zero-order chi connectivity index (χ0) is 17.3. The van der Waals surface area contributed by atoms with Crippen LogP contribution in [0.3, 0.4) is 0 Å². The molecule has 0 aromatic carbocycles. The lowest BCUT2D eigenvalue weighted by Gasteiger charge is -2.62. The molecule has 3 heteroatoms. The molecule has 2 saturated carbocycles. The number of ether oxygens (including phenoxy) is 1. The SMILES string of the molecule is CC1(C)CCC[C@]2(C)[C@H]3C=C4CC(O)C(=O)C=C4O[C@@]3(C)CC[C@@H]12. The highest BCUT2D eigenvalue weighted by Crippen LogP contribution is 2.64. The summed E-state index contributed by atoms with van der Waals surface area (Å²) in [6, 6.07) is 0. The van der Waals surface area contributed by atoms with Crippen LogP contribution in [0.2, 0.25) is 0 Å². The number of carbonyl (C=O) groups is 1. The van der Waals surface area contributed by atoms with E-state index < -0.39 is 6.10 Å². The third kappa shape index (κ3) is 2.16. The molecule has 0 spiro atoms. The summed E-state index contributed by atoms with van der Waals surface area (Å²) in [6.07, 6.45) is 9.45. The standard InChI is InChI=1S/C21H30O3/c1-19(2)7-5-8-20(3)17(19)6-9-21(4)18(20)11-13-10-14(22)15(23)12-16(13)24-21/h11-12,14,17-18,22H,5-10H2,1-4H3/t14?,17-,18+,20-,21-/m0/s1. The van der Waals surface area contributed by atoms with Crippen LogP contribution in [0.5, 0.6) is 0 Å². The summed E-state index contributed by atoms with van der Waals surface area (Å²) in [4.78, 5) is 11.9. The van der Waals surface area contributed by atoms with Crippen molar-refractivity contribution >= 4 is 5.78 Å². The Bertz CT molecular complexity index is 643. The molecule has 1 N–H and O–H groups in total.